The van der Waals surface area contributed by atoms with Crippen LogP contribution in [0.5, 0.6) is 0 Å². The van der Waals surface area contributed by atoms with E-state index in [4.69, 9.17) is 127 Å². The summed E-state index contributed by atoms with van der Waals surface area (Å²) in [5.41, 5.74) is 5.48. The van der Waals surface area contributed by atoms with Crippen LogP contribution in [0.2, 0.25) is 55.1 Å². The third kappa shape index (κ3) is 43.0. The summed E-state index contributed by atoms with van der Waals surface area (Å²) in [5, 5.41) is 12.7. The molecule has 0 spiro atoms. The van der Waals surface area contributed by atoms with Gasteiger partial charge < -0.3 is 66.8 Å². The Bertz CT molecular complexity index is 2050. The summed E-state index contributed by atoms with van der Waals surface area (Å²) in [4.78, 5) is 45.8. The highest BCUT2D eigenvalue weighted by Gasteiger charge is 2.41. The molecule has 0 unspecified atom stereocenters. The second-order valence-corrected chi connectivity index (χ2v) is 25.5. The average Bonchev–Trinajstić information content (AvgIpc) is 3.39. The Morgan fingerprint density at radius 3 is 0.869 bits per heavy atom. The van der Waals surface area contributed by atoms with Crippen molar-refractivity contribution >= 4 is 125 Å². The lowest BCUT2D eigenvalue weighted by Gasteiger charge is -2.28. The molecule has 26 nitrogen and oxygen atoms in total. The summed E-state index contributed by atoms with van der Waals surface area (Å²) in [7, 11) is -5.73. The van der Waals surface area contributed by atoms with E-state index in [-0.39, 0.29) is 59.3 Å². The van der Waals surface area contributed by atoms with Crippen molar-refractivity contribution in [2.24, 2.45) is 5.73 Å². The number of nitrogens with one attached hydrogen (secondary N) is 4. The predicted octanol–water partition coefficient (Wildman–Crippen LogP) is 11.5. The van der Waals surface area contributed by atoms with Crippen LogP contribution >= 0.6 is 81.2 Å². The molecular weight excluding hydrogens is 1290 g/mol. The Balaban J connectivity index is -0.000000320. The van der Waals surface area contributed by atoms with E-state index in [2.05, 4.69) is 93.9 Å². The van der Waals surface area contributed by atoms with E-state index >= 15 is 0 Å². The third-order valence-corrected chi connectivity index (χ3v) is 19.5. The Morgan fingerprint density at radius 1 is 0.369 bits per heavy atom. The minimum atomic E-state index is -2.60. The second-order valence-electron chi connectivity index (χ2n) is 14.9. The van der Waals surface area contributed by atoms with Gasteiger partial charge in [0.05, 0.1) is 6.67 Å². The van der Waals surface area contributed by atoms with Crippen molar-refractivity contribution in [2.75, 3.05) is 109 Å². The van der Waals surface area contributed by atoms with E-state index in [1.54, 1.807) is 6.92 Å². The molecule has 4 heterocycles. The normalized spacial score (nSPS) is 10.6. The largest absolute Gasteiger partial charge is 0.500 e. The molecule has 0 aliphatic rings. The Labute approximate surface area is 538 Å². The zero-order chi connectivity index (χ0) is 61.5. The predicted molar refractivity (Wildman–Crippen MR) is 348 cm³/mol. The van der Waals surface area contributed by atoms with E-state index in [9.17, 15) is 0 Å². The number of terminal acetylenes is 1. The minimum absolute atomic E-state index is 0. The quantitative estimate of drug-likeness (QED) is 0.0126. The first-order chi connectivity index (χ1) is 38.7. The highest BCUT2D eigenvalue weighted by atomic mass is 35.5. The number of anilines is 3. The zero-order valence-corrected chi connectivity index (χ0v) is 56.6. The van der Waals surface area contributed by atoms with Crippen LogP contribution in [-0.4, -0.2) is 179 Å². The summed E-state index contributed by atoms with van der Waals surface area (Å²) in [5.74, 6) is 2.65. The van der Waals surface area contributed by atoms with Crippen LogP contribution < -0.4 is 27.0 Å². The number of halogens is 7. The molecule has 36 heteroatoms. The number of nitrogens with two attached hydrogens (primary N) is 1. The molecule has 486 valence electrons. The van der Waals surface area contributed by atoms with Crippen LogP contribution in [-0.2, 0) is 39.8 Å². The minimum Gasteiger partial charge on any atom is -0.374 e. The average molecular weight is 1390 g/mol. The second kappa shape index (κ2) is 55.5. The first kappa shape index (κ1) is 90.0. The molecule has 4 rings (SSSR count). The first-order valence-corrected chi connectivity index (χ1v) is 34.4. The fourth-order valence-corrected chi connectivity index (χ4v) is 15.6. The fraction of sp³-hybridized carbons (Fsp3) is 0.708. The molecule has 84 heavy (non-hydrogen) atoms. The number of rotatable bonds is 34. The van der Waals surface area contributed by atoms with Crippen molar-refractivity contribution in [1.29, 1.82) is 0 Å². The van der Waals surface area contributed by atoms with Crippen molar-refractivity contribution in [1.82, 2.24) is 65.1 Å². The Morgan fingerprint density at radius 2 is 0.607 bits per heavy atom. The summed E-state index contributed by atoms with van der Waals surface area (Å²) in [6, 6.07) is 2.28. The van der Waals surface area contributed by atoms with Gasteiger partial charge >= 0.3 is 26.4 Å². The number of aromatic nitrogens is 12. The monoisotopic (exact) mass is 1380 g/mol. The van der Waals surface area contributed by atoms with Crippen LogP contribution in [0.4, 0.5) is 17.8 Å². The van der Waals surface area contributed by atoms with E-state index in [0.717, 1.165) is 31.4 Å². The van der Waals surface area contributed by atoms with E-state index in [1.165, 1.54) is 0 Å². The van der Waals surface area contributed by atoms with Crippen LogP contribution in [0.3, 0.4) is 0 Å². The topological polar surface area (TPSA) is 312 Å². The number of nitrogens with zero attached hydrogens (tertiary/aromatic N) is 12. The standard InChI is InChI=1S/C15H32N6O3Si.C12H22Cl2N4O3Si.C9H23NO3Si.C4H3Cl2N3.C3Cl3N3.C2H2.3CH4/c1-6-22-25(23-7-2,24-8-3)11-9-10-17-14-19-13(4)20-15(21-14)18-12-16-5;1-4-19-22(20-5-2,21-6-3)9-7-8-15-12-17-10(13)16-11(14)18-12;1-4-11-14(12-5-2,13-6-3)9-7-8-10;1-2-7-3(5)9-4(6)8-2;4-1-7-2(5)9-3(6)8-1;1-2;;;/h16H,6-12H2,1-5H3,(H2,17,18,19,20,21);4-9H2,1-3H3,(H,15,16,17,18);4-10H2,1-3H3;1H3;;1-2H;3*1H4. The van der Waals surface area contributed by atoms with Crippen molar-refractivity contribution in [3.05, 3.63) is 48.6 Å². The molecule has 0 aliphatic heterocycles. The summed E-state index contributed by atoms with van der Waals surface area (Å²) in [6.07, 6.45) is 10.5. The summed E-state index contributed by atoms with van der Waals surface area (Å²) in [6.45, 7) is 29.1. The van der Waals surface area contributed by atoms with Gasteiger partial charge in [0.2, 0.25) is 54.8 Å². The van der Waals surface area contributed by atoms with Crippen molar-refractivity contribution < 1.29 is 39.8 Å². The SMILES string of the molecule is C.C.C.C#C.CCO[Si](CCCN)(OCC)OCC.CCO[Si](CCCNc1nc(C)nc(NCNC)n1)(OCC)OCC.CCO[Si](CCCNc1nc(Cl)nc(Cl)n1)(OCC)OCC.Cc1nc(Cl)nc(Cl)n1.Clc1nc(Cl)nc(Cl)n1. The molecule has 0 aromatic carbocycles. The number of hydrogen-bond acceptors (Lipinski definition) is 26. The van der Waals surface area contributed by atoms with Gasteiger partial charge in [-0.15, -0.1) is 12.8 Å². The number of aryl methyl sites for hydroxylation is 2. The molecule has 4 aromatic heterocycles. The Hall–Kier alpha value is -2.76. The molecule has 6 N–H and O–H groups in total. The molecular formula is C48H94Cl7N17O9Si3. The molecule has 0 bridgehead atoms. The third-order valence-electron chi connectivity index (χ3n) is 8.85. The lowest BCUT2D eigenvalue weighted by atomic mass is 10.5. The molecule has 0 saturated heterocycles. The van der Waals surface area contributed by atoms with Crippen LogP contribution in [0.1, 0.15) is 116 Å². The van der Waals surface area contributed by atoms with Gasteiger partial charge in [-0.05, 0) is 190 Å². The molecule has 0 atom stereocenters. The molecule has 0 radical (unpaired) electrons. The highest BCUT2D eigenvalue weighted by molar-refractivity contribution is 6.61. The molecule has 0 amide bonds. The van der Waals surface area contributed by atoms with E-state index < -0.39 is 26.4 Å². The molecule has 4 aromatic rings. The van der Waals surface area contributed by atoms with Gasteiger partial charge in [0.15, 0.2) is 0 Å². The van der Waals surface area contributed by atoms with E-state index in [0.29, 0.717) is 121 Å². The summed E-state index contributed by atoms with van der Waals surface area (Å²) >= 11 is 38.2. The Kier molecular flexibility index (Phi) is 59.5. The molecule has 0 aliphatic carbocycles. The lowest BCUT2D eigenvalue weighted by Crippen LogP contribution is -2.46. The van der Waals surface area contributed by atoms with Gasteiger partial charge in [-0.1, -0.05) is 22.3 Å². The first-order valence-electron chi connectivity index (χ1n) is 26.0. The highest BCUT2D eigenvalue weighted by Crippen LogP contribution is 2.21. The van der Waals surface area contributed by atoms with Gasteiger partial charge in [-0.25, -0.2) is 9.97 Å². The van der Waals surface area contributed by atoms with Crippen molar-refractivity contribution in [3.63, 3.8) is 0 Å². The van der Waals surface area contributed by atoms with Crippen molar-refractivity contribution in [3.8, 4) is 12.8 Å². The summed E-state index contributed by atoms with van der Waals surface area (Å²) < 4.78 is 51.9. The fourth-order valence-electron chi connectivity index (χ4n) is 6.27. The molecule has 0 saturated carbocycles. The van der Waals surface area contributed by atoms with Crippen molar-refractivity contribution in [2.45, 2.75) is 136 Å². The van der Waals surface area contributed by atoms with Gasteiger partial charge in [-0.3, -0.25) is 0 Å². The van der Waals surface area contributed by atoms with Crippen LogP contribution in [0.25, 0.3) is 0 Å². The maximum Gasteiger partial charge on any atom is 0.500 e. The van der Waals surface area contributed by atoms with Gasteiger partial charge in [0.1, 0.15) is 11.6 Å². The maximum absolute atomic E-state index is 5.85. The number of hydrogen-bond donors (Lipinski definition) is 5. The van der Waals surface area contributed by atoms with Crippen LogP contribution in [0.15, 0.2) is 0 Å². The lowest BCUT2D eigenvalue weighted by molar-refractivity contribution is 0.0702. The van der Waals surface area contributed by atoms with E-state index in [1.807, 2.05) is 76.3 Å². The van der Waals surface area contributed by atoms with Gasteiger partial charge in [0, 0.05) is 90.7 Å². The van der Waals surface area contributed by atoms with Crippen LogP contribution in [0, 0.1) is 26.7 Å². The molecule has 0 fully saturated rings. The maximum atomic E-state index is 5.85. The zero-order valence-electron chi connectivity index (χ0n) is 48.4. The van der Waals surface area contributed by atoms with Gasteiger partial charge in [0.25, 0.3) is 0 Å². The van der Waals surface area contributed by atoms with Gasteiger partial charge in [-0.2, -0.15) is 49.8 Å². The smallest absolute Gasteiger partial charge is 0.374 e.